The van der Waals surface area contributed by atoms with E-state index in [9.17, 15) is 0 Å². The maximum absolute atomic E-state index is 5.93. The molecule has 5 nitrogen and oxygen atoms in total. The Balaban J connectivity index is 1.43. The van der Waals surface area contributed by atoms with Crippen LogP contribution in [0.4, 0.5) is 0 Å². The van der Waals surface area contributed by atoms with Crippen LogP contribution < -0.4 is 0 Å². The van der Waals surface area contributed by atoms with E-state index in [1.165, 1.54) is 11.1 Å². The van der Waals surface area contributed by atoms with Crippen LogP contribution in [0.15, 0.2) is 42.7 Å². The molecule has 0 unspecified atom stereocenters. The van der Waals surface area contributed by atoms with Crippen LogP contribution in [-0.4, -0.2) is 58.7 Å². The molecule has 0 saturated carbocycles. The molecule has 0 radical (unpaired) electrons. The van der Waals surface area contributed by atoms with Gasteiger partial charge in [0.05, 0.1) is 19.3 Å². The van der Waals surface area contributed by atoms with Crippen LogP contribution in [0, 0.1) is 6.92 Å². The Morgan fingerprint density at radius 1 is 1.08 bits per heavy atom. The number of aryl methyl sites for hydroxylation is 1. The van der Waals surface area contributed by atoms with Crippen molar-refractivity contribution in [2.45, 2.75) is 25.6 Å². The van der Waals surface area contributed by atoms with Gasteiger partial charge in [0.15, 0.2) is 0 Å². The average molecular weight is 324 g/mol. The van der Waals surface area contributed by atoms with Crippen molar-refractivity contribution >= 4 is 0 Å². The monoisotopic (exact) mass is 324 g/mol. The number of benzene rings is 1. The minimum Gasteiger partial charge on any atom is -0.378 e. The molecular weight excluding hydrogens is 300 g/mol. The predicted octanol–water partition coefficient (Wildman–Crippen LogP) is 2.04. The number of rotatable bonds is 3. The van der Waals surface area contributed by atoms with Crippen LogP contribution in [0.5, 0.6) is 0 Å². The third-order valence-corrected chi connectivity index (χ3v) is 5.02. The molecule has 2 aliphatic heterocycles. The van der Waals surface area contributed by atoms with Crippen molar-refractivity contribution in [2.75, 3.05) is 32.8 Å². The summed E-state index contributed by atoms with van der Waals surface area (Å²) in [7, 11) is 0. The third kappa shape index (κ3) is 3.34. The number of aromatic nitrogens is 2. The molecule has 24 heavy (non-hydrogen) atoms. The van der Waals surface area contributed by atoms with Crippen molar-refractivity contribution in [1.29, 1.82) is 0 Å². The van der Waals surface area contributed by atoms with Gasteiger partial charge in [0.2, 0.25) is 0 Å². The summed E-state index contributed by atoms with van der Waals surface area (Å²) in [4.78, 5) is 13.7. The summed E-state index contributed by atoms with van der Waals surface area (Å²) in [5.74, 6) is 0.829. The van der Waals surface area contributed by atoms with Gasteiger partial charge in [0.25, 0.3) is 0 Å². The van der Waals surface area contributed by atoms with E-state index in [0.717, 1.165) is 45.2 Å². The van der Waals surface area contributed by atoms with Gasteiger partial charge in [-0.3, -0.25) is 9.80 Å². The van der Waals surface area contributed by atoms with Crippen molar-refractivity contribution in [1.82, 2.24) is 19.8 Å². The van der Waals surface area contributed by atoms with Crippen molar-refractivity contribution in [3.63, 3.8) is 0 Å². The third-order valence-electron chi connectivity index (χ3n) is 5.02. The Bertz CT molecular complexity index is 661. The Hall–Kier alpha value is -1.82. The average Bonchev–Trinajstić information content (AvgIpc) is 2.64. The van der Waals surface area contributed by atoms with Crippen LogP contribution in [-0.2, 0) is 11.3 Å². The smallest absolute Gasteiger partial charge is 0.125 e. The summed E-state index contributed by atoms with van der Waals surface area (Å²) in [6.07, 6.45) is 3.89. The van der Waals surface area contributed by atoms with E-state index >= 15 is 0 Å². The molecular formula is C19H24N4O. The molecule has 1 aromatic heterocycles. The second-order valence-electron chi connectivity index (χ2n) is 6.73. The molecule has 2 aliphatic rings. The fourth-order valence-electron chi connectivity index (χ4n) is 3.77. The van der Waals surface area contributed by atoms with E-state index in [-0.39, 0.29) is 0 Å². The fraction of sp³-hybridized carbons (Fsp3) is 0.474. The number of hydrogen-bond donors (Lipinski definition) is 0. The van der Waals surface area contributed by atoms with Gasteiger partial charge in [-0.2, -0.15) is 0 Å². The van der Waals surface area contributed by atoms with Crippen LogP contribution in [0.3, 0.4) is 0 Å². The normalized spacial score (nSPS) is 25.4. The molecule has 2 saturated heterocycles. The highest BCUT2D eigenvalue weighted by molar-refractivity contribution is 5.20. The standard InChI is InChI=1S/C19H24N4O/c1-15-20-9-16(10-21-15)11-22-7-8-23-18(12-22)13-24-14-19(23)17-5-3-2-4-6-17/h2-6,9-10,18-19H,7-8,11-14H2,1H3/t18-,19-/m1/s1. The first-order valence-electron chi connectivity index (χ1n) is 8.68. The molecule has 2 atom stereocenters. The molecule has 4 rings (SSSR count). The van der Waals surface area contributed by atoms with Gasteiger partial charge >= 0.3 is 0 Å². The summed E-state index contributed by atoms with van der Waals surface area (Å²) in [6, 6.07) is 11.6. The molecule has 2 aromatic rings. The topological polar surface area (TPSA) is 41.5 Å². The van der Waals surface area contributed by atoms with E-state index in [1.807, 2.05) is 19.3 Å². The first-order chi connectivity index (χ1) is 11.8. The number of ether oxygens (including phenoxy) is 1. The molecule has 0 amide bonds. The van der Waals surface area contributed by atoms with Gasteiger partial charge in [0.1, 0.15) is 5.82 Å². The highest BCUT2D eigenvalue weighted by atomic mass is 16.5. The molecule has 2 fully saturated rings. The number of piperazine rings is 1. The lowest BCUT2D eigenvalue weighted by Crippen LogP contribution is -2.58. The van der Waals surface area contributed by atoms with E-state index < -0.39 is 0 Å². The summed E-state index contributed by atoms with van der Waals surface area (Å²) in [6.45, 7) is 7.66. The second-order valence-corrected chi connectivity index (χ2v) is 6.73. The molecule has 1 aromatic carbocycles. The summed E-state index contributed by atoms with van der Waals surface area (Å²) >= 11 is 0. The van der Waals surface area contributed by atoms with Crippen molar-refractivity contribution < 1.29 is 4.74 Å². The van der Waals surface area contributed by atoms with Crippen LogP contribution in [0.2, 0.25) is 0 Å². The van der Waals surface area contributed by atoms with E-state index in [1.54, 1.807) is 0 Å². The Morgan fingerprint density at radius 2 is 1.88 bits per heavy atom. The van der Waals surface area contributed by atoms with Gasteiger partial charge in [-0.15, -0.1) is 0 Å². The molecule has 0 aliphatic carbocycles. The Labute approximate surface area is 143 Å². The lowest BCUT2D eigenvalue weighted by molar-refractivity contribution is -0.0836. The molecule has 0 bridgehead atoms. The first kappa shape index (κ1) is 15.7. The predicted molar refractivity (Wildman–Crippen MR) is 92.5 cm³/mol. The quantitative estimate of drug-likeness (QED) is 0.864. The zero-order valence-electron chi connectivity index (χ0n) is 14.1. The number of hydrogen-bond acceptors (Lipinski definition) is 5. The van der Waals surface area contributed by atoms with E-state index in [2.05, 4.69) is 50.1 Å². The van der Waals surface area contributed by atoms with Gasteiger partial charge in [-0.1, -0.05) is 30.3 Å². The zero-order valence-corrected chi connectivity index (χ0v) is 14.1. The highest BCUT2D eigenvalue weighted by Gasteiger charge is 2.36. The van der Waals surface area contributed by atoms with Gasteiger partial charge in [-0.25, -0.2) is 9.97 Å². The highest BCUT2D eigenvalue weighted by Crippen LogP contribution is 2.29. The van der Waals surface area contributed by atoms with Crippen molar-refractivity contribution in [2.24, 2.45) is 0 Å². The minimum absolute atomic E-state index is 0.384. The zero-order chi connectivity index (χ0) is 16.4. The lowest BCUT2D eigenvalue weighted by atomic mass is 10.00. The van der Waals surface area contributed by atoms with Crippen LogP contribution in [0.25, 0.3) is 0 Å². The fourth-order valence-corrected chi connectivity index (χ4v) is 3.77. The number of nitrogens with zero attached hydrogens (tertiary/aromatic N) is 4. The molecule has 0 N–H and O–H groups in total. The first-order valence-corrected chi connectivity index (χ1v) is 8.68. The molecule has 3 heterocycles. The van der Waals surface area contributed by atoms with Crippen LogP contribution >= 0.6 is 0 Å². The maximum Gasteiger partial charge on any atom is 0.125 e. The summed E-state index contributed by atoms with van der Waals surface area (Å²) in [5.41, 5.74) is 2.55. The summed E-state index contributed by atoms with van der Waals surface area (Å²) in [5, 5.41) is 0. The Morgan fingerprint density at radius 3 is 2.67 bits per heavy atom. The largest absolute Gasteiger partial charge is 0.378 e. The van der Waals surface area contributed by atoms with E-state index in [0.29, 0.717) is 12.1 Å². The molecule has 0 spiro atoms. The number of morpholine rings is 1. The number of fused-ring (bicyclic) bond motifs is 1. The maximum atomic E-state index is 5.93. The second kappa shape index (κ2) is 6.97. The van der Waals surface area contributed by atoms with Gasteiger partial charge in [-0.05, 0) is 12.5 Å². The summed E-state index contributed by atoms with van der Waals surface area (Å²) < 4.78 is 5.93. The Kier molecular flexibility index (Phi) is 4.56. The van der Waals surface area contributed by atoms with E-state index in [4.69, 9.17) is 4.74 Å². The van der Waals surface area contributed by atoms with Gasteiger partial charge in [0, 0.05) is 50.2 Å². The van der Waals surface area contributed by atoms with Gasteiger partial charge < -0.3 is 4.74 Å². The lowest BCUT2D eigenvalue weighted by Gasteiger charge is -2.48. The SMILES string of the molecule is Cc1ncc(CN2CCN3[C@@H](COC[C@@H]3c3ccccc3)C2)cn1. The van der Waals surface area contributed by atoms with Crippen molar-refractivity contribution in [3.05, 3.63) is 59.7 Å². The minimum atomic E-state index is 0.384. The van der Waals surface area contributed by atoms with Crippen molar-refractivity contribution in [3.8, 4) is 0 Å². The van der Waals surface area contributed by atoms with Crippen LogP contribution in [0.1, 0.15) is 23.0 Å². The molecule has 5 heteroatoms. The molecule has 126 valence electrons.